The van der Waals surface area contributed by atoms with Gasteiger partial charge in [-0.05, 0) is 37.5 Å². The molecule has 3 aromatic rings. The van der Waals surface area contributed by atoms with E-state index in [1.54, 1.807) is 6.07 Å². The first kappa shape index (κ1) is 23.6. The van der Waals surface area contributed by atoms with Crippen LogP contribution in [0.3, 0.4) is 0 Å². The van der Waals surface area contributed by atoms with Crippen LogP contribution in [0.4, 0.5) is 24.8 Å². The molecule has 2 N–H and O–H groups in total. The normalized spacial score (nSPS) is 17.7. The Morgan fingerprint density at radius 1 is 1.06 bits per heavy atom. The first-order chi connectivity index (χ1) is 16.9. The van der Waals surface area contributed by atoms with E-state index in [4.69, 9.17) is 10.7 Å². The molecule has 35 heavy (non-hydrogen) atoms. The SMILES string of the molecule is CCc1c(N)ncnc1N1CCC(c2nc(-c3ccc(F)c(F)c3)cn2CCN2CC(F)C2)CC1. The minimum absolute atomic E-state index is 0.208. The maximum absolute atomic E-state index is 13.9. The van der Waals surface area contributed by atoms with Gasteiger partial charge in [0.2, 0.25) is 0 Å². The highest BCUT2D eigenvalue weighted by atomic mass is 19.2. The van der Waals surface area contributed by atoms with Crippen molar-refractivity contribution in [2.75, 3.05) is 43.4 Å². The lowest BCUT2D eigenvalue weighted by molar-refractivity contribution is 0.0625. The number of imidazole rings is 1. The predicted octanol–water partition coefficient (Wildman–Crippen LogP) is 3.80. The summed E-state index contributed by atoms with van der Waals surface area (Å²) in [5, 5.41) is 0. The minimum atomic E-state index is -0.891. The van der Waals surface area contributed by atoms with Crippen LogP contribution in [0.15, 0.2) is 30.7 Å². The van der Waals surface area contributed by atoms with E-state index < -0.39 is 17.8 Å². The summed E-state index contributed by atoms with van der Waals surface area (Å²) >= 11 is 0. The molecule has 1 aromatic carbocycles. The molecule has 2 fully saturated rings. The Hall–Kier alpha value is -3.14. The largest absolute Gasteiger partial charge is 0.383 e. The molecule has 0 unspecified atom stereocenters. The zero-order valence-corrected chi connectivity index (χ0v) is 19.8. The van der Waals surface area contributed by atoms with Gasteiger partial charge in [0, 0.05) is 62.5 Å². The van der Waals surface area contributed by atoms with Crippen molar-refractivity contribution in [3.63, 3.8) is 0 Å². The number of anilines is 2. The summed E-state index contributed by atoms with van der Waals surface area (Å²) in [4.78, 5) is 17.8. The number of nitrogens with zero attached hydrogens (tertiary/aromatic N) is 6. The van der Waals surface area contributed by atoms with Gasteiger partial charge in [-0.2, -0.15) is 0 Å². The fourth-order valence-corrected chi connectivity index (χ4v) is 5.05. The molecule has 0 saturated carbocycles. The maximum atomic E-state index is 13.9. The van der Waals surface area contributed by atoms with Crippen molar-refractivity contribution in [3.05, 3.63) is 53.7 Å². The van der Waals surface area contributed by atoms with E-state index in [-0.39, 0.29) is 5.92 Å². The van der Waals surface area contributed by atoms with E-state index >= 15 is 0 Å². The summed E-state index contributed by atoms with van der Waals surface area (Å²) in [6.07, 6.45) is 5.17. The fraction of sp³-hybridized carbons (Fsp3) is 0.480. The first-order valence-corrected chi connectivity index (χ1v) is 12.2. The number of rotatable bonds is 7. The van der Waals surface area contributed by atoms with E-state index in [0.29, 0.717) is 36.7 Å². The maximum Gasteiger partial charge on any atom is 0.159 e. The summed E-state index contributed by atoms with van der Waals surface area (Å²) in [6.45, 7) is 5.96. The van der Waals surface area contributed by atoms with Crippen molar-refractivity contribution in [2.24, 2.45) is 0 Å². The standard InChI is InChI=1S/C25H30F3N7/c1-2-19-23(29)30-15-31-25(19)34-7-5-16(6-8-34)24-32-22(17-3-4-20(27)21(28)11-17)14-35(24)10-9-33-12-18(26)13-33/h3-4,11,14-16,18H,2,5-10,12-13H2,1H3,(H2,29,30,31). The zero-order chi connectivity index (χ0) is 24.5. The van der Waals surface area contributed by atoms with Crippen LogP contribution in [0.5, 0.6) is 0 Å². The molecular weight excluding hydrogens is 455 g/mol. The highest BCUT2D eigenvalue weighted by Crippen LogP contribution is 2.33. The van der Waals surface area contributed by atoms with E-state index in [2.05, 4.69) is 24.3 Å². The minimum Gasteiger partial charge on any atom is -0.383 e. The molecular formula is C25H30F3N7. The smallest absolute Gasteiger partial charge is 0.159 e. The van der Waals surface area contributed by atoms with Crippen molar-refractivity contribution in [1.82, 2.24) is 24.4 Å². The fourth-order valence-electron chi connectivity index (χ4n) is 5.05. The van der Waals surface area contributed by atoms with Gasteiger partial charge in [0.25, 0.3) is 0 Å². The van der Waals surface area contributed by atoms with E-state index in [9.17, 15) is 13.2 Å². The molecule has 0 amide bonds. The summed E-state index contributed by atoms with van der Waals surface area (Å²) in [5.74, 6) is 0.781. The van der Waals surface area contributed by atoms with Crippen molar-refractivity contribution in [2.45, 2.75) is 44.8 Å². The number of piperidine rings is 1. The molecule has 10 heteroatoms. The Bertz CT molecular complexity index is 1180. The summed E-state index contributed by atoms with van der Waals surface area (Å²) < 4.78 is 42.7. The Morgan fingerprint density at radius 2 is 1.83 bits per heavy atom. The van der Waals surface area contributed by atoms with Crippen LogP contribution in [0.25, 0.3) is 11.3 Å². The number of benzene rings is 1. The third kappa shape index (κ3) is 4.84. The average Bonchev–Trinajstić information content (AvgIpc) is 3.27. The monoisotopic (exact) mass is 485 g/mol. The molecule has 0 atom stereocenters. The van der Waals surface area contributed by atoms with Crippen LogP contribution in [-0.2, 0) is 13.0 Å². The Labute approximate surface area is 202 Å². The number of hydrogen-bond donors (Lipinski definition) is 1. The number of nitrogens with two attached hydrogens (primary N) is 1. The van der Waals surface area contributed by atoms with Gasteiger partial charge >= 0.3 is 0 Å². The molecule has 2 saturated heterocycles. The quantitative estimate of drug-likeness (QED) is 0.549. The van der Waals surface area contributed by atoms with Gasteiger partial charge < -0.3 is 15.2 Å². The van der Waals surface area contributed by atoms with Gasteiger partial charge in [0.05, 0.1) is 5.69 Å². The predicted molar refractivity (Wildman–Crippen MR) is 129 cm³/mol. The average molecular weight is 486 g/mol. The number of hydrogen-bond acceptors (Lipinski definition) is 6. The number of aromatic nitrogens is 4. The van der Waals surface area contributed by atoms with Gasteiger partial charge in [-0.15, -0.1) is 0 Å². The Balaban J connectivity index is 1.36. The summed E-state index contributed by atoms with van der Waals surface area (Å²) in [5.41, 5.74) is 8.19. The van der Waals surface area contributed by atoms with Crippen molar-refractivity contribution in [3.8, 4) is 11.3 Å². The topological polar surface area (TPSA) is 76.1 Å². The lowest BCUT2D eigenvalue weighted by atomic mass is 9.95. The Morgan fingerprint density at radius 3 is 2.51 bits per heavy atom. The van der Waals surface area contributed by atoms with Crippen molar-refractivity contribution in [1.29, 1.82) is 0 Å². The lowest BCUT2D eigenvalue weighted by Gasteiger charge is -2.35. The van der Waals surface area contributed by atoms with Gasteiger partial charge in [0.15, 0.2) is 11.6 Å². The molecule has 0 spiro atoms. The van der Waals surface area contributed by atoms with Crippen LogP contribution >= 0.6 is 0 Å². The molecule has 2 aromatic heterocycles. The highest BCUT2D eigenvalue weighted by Gasteiger charge is 2.29. The molecule has 5 rings (SSSR count). The number of alkyl halides is 1. The van der Waals surface area contributed by atoms with Gasteiger partial charge in [-0.25, -0.2) is 28.1 Å². The van der Waals surface area contributed by atoms with Crippen molar-refractivity contribution >= 4 is 11.6 Å². The third-order valence-electron chi connectivity index (χ3n) is 7.06. The second-order valence-corrected chi connectivity index (χ2v) is 9.34. The van der Waals surface area contributed by atoms with E-state index in [0.717, 1.165) is 62.2 Å². The Kier molecular flexibility index (Phi) is 6.64. The molecule has 186 valence electrons. The van der Waals surface area contributed by atoms with Crippen LogP contribution in [-0.4, -0.2) is 63.3 Å². The van der Waals surface area contributed by atoms with E-state index in [1.165, 1.54) is 12.4 Å². The van der Waals surface area contributed by atoms with Gasteiger partial charge in [-0.3, -0.25) is 4.90 Å². The van der Waals surface area contributed by atoms with Crippen LogP contribution < -0.4 is 10.6 Å². The zero-order valence-electron chi connectivity index (χ0n) is 19.8. The number of nitrogen functional groups attached to an aromatic ring is 1. The molecule has 2 aliphatic heterocycles. The van der Waals surface area contributed by atoms with Crippen LogP contribution in [0, 0.1) is 11.6 Å². The third-order valence-corrected chi connectivity index (χ3v) is 7.06. The molecule has 7 nitrogen and oxygen atoms in total. The van der Waals surface area contributed by atoms with Crippen LogP contribution in [0.2, 0.25) is 0 Å². The summed E-state index contributed by atoms with van der Waals surface area (Å²) in [7, 11) is 0. The molecule has 0 bridgehead atoms. The first-order valence-electron chi connectivity index (χ1n) is 12.2. The van der Waals surface area contributed by atoms with Crippen LogP contribution in [0.1, 0.15) is 37.1 Å². The van der Waals surface area contributed by atoms with E-state index in [1.807, 2.05) is 13.1 Å². The second kappa shape index (κ2) is 9.85. The molecule has 4 heterocycles. The highest BCUT2D eigenvalue weighted by molar-refractivity contribution is 5.59. The lowest BCUT2D eigenvalue weighted by Crippen LogP contribution is -2.49. The summed E-state index contributed by atoms with van der Waals surface area (Å²) in [6, 6.07) is 3.86. The second-order valence-electron chi connectivity index (χ2n) is 9.34. The molecule has 2 aliphatic rings. The van der Waals surface area contributed by atoms with Gasteiger partial charge in [-0.1, -0.05) is 6.92 Å². The molecule has 0 aliphatic carbocycles. The van der Waals surface area contributed by atoms with Gasteiger partial charge in [0.1, 0.15) is 30.0 Å². The number of halogens is 3. The molecule has 0 radical (unpaired) electrons. The van der Waals surface area contributed by atoms with Crippen molar-refractivity contribution < 1.29 is 13.2 Å². The number of likely N-dealkylation sites (tertiary alicyclic amines) is 1.